The van der Waals surface area contributed by atoms with Gasteiger partial charge in [0.1, 0.15) is 5.75 Å². The summed E-state index contributed by atoms with van der Waals surface area (Å²) in [6.45, 7) is 7.34. The van der Waals surface area contributed by atoms with Crippen LogP contribution in [-0.2, 0) is 4.79 Å². The van der Waals surface area contributed by atoms with E-state index < -0.39 is 0 Å². The molecule has 1 aliphatic heterocycles. The summed E-state index contributed by atoms with van der Waals surface area (Å²) in [7, 11) is 1.65. The summed E-state index contributed by atoms with van der Waals surface area (Å²) < 4.78 is 5.49. The highest BCUT2D eigenvalue weighted by molar-refractivity contribution is 6.30. The first-order chi connectivity index (χ1) is 11.4. The van der Waals surface area contributed by atoms with E-state index in [1.807, 2.05) is 18.2 Å². The van der Waals surface area contributed by atoms with Gasteiger partial charge < -0.3 is 15.4 Å². The molecular formula is C19H30Cl2N2O2. The van der Waals surface area contributed by atoms with Gasteiger partial charge in [-0.25, -0.2) is 0 Å². The number of piperidine rings is 1. The van der Waals surface area contributed by atoms with E-state index in [1.54, 1.807) is 7.11 Å². The second kappa shape index (κ2) is 10.2. The largest absolute Gasteiger partial charge is 0.496 e. The van der Waals surface area contributed by atoms with Gasteiger partial charge in [0, 0.05) is 22.5 Å². The van der Waals surface area contributed by atoms with E-state index in [0.29, 0.717) is 17.0 Å². The molecule has 0 radical (unpaired) electrons. The fraction of sp³-hybridized carbons (Fsp3) is 0.632. The zero-order valence-electron chi connectivity index (χ0n) is 15.5. The molecule has 25 heavy (non-hydrogen) atoms. The lowest BCUT2D eigenvalue weighted by Crippen LogP contribution is -2.43. The summed E-state index contributed by atoms with van der Waals surface area (Å²) in [6.07, 6.45) is 2.62. The lowest BCUT2D eigenvalue weighted by Gasteiger charge is -2.30. The van der Waals surface area contributed by atoms with Crippen molar-refractivity contribution >= 4 is 29.9 Å². The smallest absolute Gasteiger partial charge is 0.223 e. The quantitative estimate of drug-likeness (QED) is 0.760. The van der Waals surface area contributed by atoms with Gasteiger partial charge in [-0.1, -0.05) is 25.4 Å². The molecule has 0 aliphatic carbocycles. The van der Waals surface area contributed by atoms with Crippen LogP contribution in [0.4, 0.5) is 0 Å². The van der Waals surface area contributed by atoms with Gasteiger partial charge in [-0.3, -0.25) is 4.79 Å². The Balaban J connectivity index is 0.00000312. The van der Waals surface area contributed by atoms with Crippen LogP contribution < -0.4 is 15.4 Å². The summed E-state index contributed by atoms with van der Waals surface area (Å²) in [6, 6.07) is 5.88. The summed E-state index contributed by atoms with van der Waals surface area (Å²) in [5.74, 6) is 1.42. The number of benzene rings is 1. The molecule has 1 aromatic carbocycles. The fourth-order valence-electron chi connectivity index (χ4n) is 3.37. The molecule has 1 unspecified atom stereocenters. The third-order valence-corrected chi connectivity index (χ3v) is 4.82. The molecule has 1 heterocycles. The van der Waals surface area contributed by atoms with E-state index >= 15 is 0 Å². The lowest BCUT2D eigenvalue weighted by molar-refractivity contribution is -0.127. The molecule has 0 aromatic heterocycles. The van der Waals surface area contributed by atoms with Crippen molar-refractivity contribution in [3.63, 3.8) is 0 Å². The summed E-state index contributed by atoms with van der Waals surface area (Å²) in [4.78, 5) is 12.8. The van der Waals surface area contributed by atoms with E-state index in [-0.39, 0.29) is 30.3 Å². The molecule has 4 nitrogen and oxygen atoms in total. The van der Waals surface area contributed by atoms with Gasteiger partial charge in [0.15, 0.2) is 0 Å². The molecule has 0 bridgehead atoms. The van der Waals surface area contributed by atoms with Gasteiger partial charge in [-0.15, -0.1) is 12.4 Å². The van der Waals surface area contributed by atoms with Crippen molar-refractivity contribution < 1.29 is 9.53 Å². The Hall–Kier alpha value is -0.970. The molecule has 2 rings (SSSR count). The first-order valence-electron chi connectivity index (χ1n) is 8.78. The summed E-state index contributed by atoms with van der Waals surface area (Å²) in [5, 5.41) is 7.30. The topological polar surface area (TPSA) is 50.4 Å². The Morgan fingerprint density at radius 2 is 2.16 bits per heavy atom. The highest BCUT2D eigenvalue weighted by atomic mass is 35.5. The Bertz CT molecular complexity index is 566. The molecular weight excluding hydrogens is 359 g/mol. The first-order valence-corrected chi connectivity index (χ1v) is 9.15. The molecule has 1 aliphatic rings. The van der Waals surface area contributed by atoms with Crippen molar-refractivity contribution in [2.45, 2.75) is 52.1 Å². The van der Waals surface area contributed by atoms with E-state index in [1.165, 1.54) is 0 Å². The van der Waals surface area contributed by atoms with Crippen molar-refractivity contribution in [3.05, 3.63) is 28.8 Å². The van der Waals surface area contributed by atoms with Gasteiger partial charge in [0.25, 0.3) is 0 Å². The molecule has 1 aromatic rings. The minimum absolute atomic E-state index is 0. The zero-order valence-corrected chi connectivity index (χ0v) is 17.0. The van der Waals surface area contributed by atoms with Gasteiger partial charge in [0.05, 0.1) is 13.2 Å². The Morgan fingerprint density at radius 1 is 1.44 bits per heavy atom. The standard InChI is InChI=1S/C19H29ClN2O2.ClH/c1-12(2)9-17(16-11-15(20)5-6-18(16)24-4)22-19(23)14-7-8-21-13(3)10-14;/h5-6,11-14,17,21H,7-10H2,1-4H3,(H,22,23);1H/t13-,14-,17?;/m0./s1. The maximum Gasteiger partial charge on any atom is 0.223 e. The lowest BCUT2D eigenvalue weighted by atomic mass is 9.90. The summed E-state index contributed by atoms with van der Waals surface area (Å²) >= 11 is 6.18. The number of nitrogens with one attached hydrogen (secondary N) is 2. The van der Waals surface area contributed by atoms with Gasteiger partial charge in [0.2, 0.25) is 5.91 Å². The predicted octanol–water partition coefficient (Wildman–Crippen LogP) is 4.36. The van der Waals surface area contributed by atoms with E-state index in [2.05, 4.69) is 31.4 Å². The molecule has 3 atom stereocenters. The van der Waals surface area contributed by atoms with Crippen LogP contribution in [0.25, 0.3) is 0 Å². The molecule has 0 saturated carbocycles. The maximum atomic E-state index is 12.8. The third kappa shape index (κ3) is 6.36. The van der Waals surface area contributed by atoms with Crippen LogP contribution in [-0.4, -0.2) is 25.6 Å². The Morgan fingerprint density at radius 3 is 2.76 bits per heavy atom. The van der Waals surface area contributed by atoms with Gasteiger partial charge >= 0.3 is 0 Å². The normalized spacial score (nSPS) is 21.4. The summed E-state index contributed by atoms with van der Waals surface area (Å²) in [5.41, 5.74) is 0.953. The van der Waals surface area contributed by atoms with E-state index in [4.69, 9.17) is 16.3 Å². The SMILES string of the molecule is COc1ccc(Cl)cc1C(CC(C)C)NC(=O)[C@H]1CCN[C@@H](C)C1.Cl. The average molecular weight is 389 g/mol. The molecule has 142 valence electrons. The molecule has 1 saturated heterocycles. The van der Waals surface area contributed by atoms with Crippen LogP contribution in [0.5, 0.6) is 5.75 Å². The van der Waals surface area contributed by atoms with Crippen LogP contribution in [0.1, 0.15) is 51.6 Å². The van der Waals surface area contributed by atoms with Gasteiger partial charge in [-0.05, 0) is 56.8 Å². The van der Waals surface area contributed by atoms with Crippen molar-refractivity contribution in [1.29, 1.82) is 0 Å². The number of hydrogen-bond donors (Lipinski definition) is 2. The molecule has 0 spiro atoms. The van der Waals surface area contributed by atoms with Crippen molar-refractivity contribution in [2.24, 2.45) is 11.8 Å². The monoisotopic (exact) mass is 388 g/mol. The number of ether oxygens (including phenoxy) is 1. The predicted molar refractivity (Wildman–Crippen MR) is 106 cm³/mol. The average Bonchev–Trinajstić information content (AvgIpc) is 2.53. The van der Waals surface area contributed by atoms with Crippen LogP contribution >= 0.6 is 24.0 Å². The second-order valence-corrected chi connectivity index (χ2v) is 7.59. The van der Waals surface area contributed by atoms with Crippen LogP contribution in [0.2, 0.25) is 5.02 Å². The number of methoxy groups -OCH3 is 1. The van der Waals surface area contributed by atoms with Crippen molar-refractivity contribution in [2.75, 3.05) is 13.7 Å². The molecule has 1 amide bonds. The number of hydrogen-bond acceptors (Lipinski definition) is 3. The fourth-order valence-corrected chi connectivity index (χ4v) is 3.55. The van der Waals surface area contributed by atoms with Crippen LogP contribution in [0.3, 0.4) is 0 Å². The maximum absolute atomic E-state index is 12.8. The number of amides is 1. The van der Waals surface area contributed by atoms with Gasteiger partial charge in [-0.2, -0.15) is 0 Å². The number of carbonyl (C=O) groups excluding carboxylic acids is 1. The molecule has 1 fully saturated rings. The zero-order chi connectivity index (χ0) is 17.7. The van der Waals surface area contributed by atoms with E-state index in [0.717, 1.165) is 37.1 Å². The van der Waals surface area contributed by atoms with E-state index in [9.17, 15) is 4.79 Å². The number of halogens is 2. The Labute approximate surface area is 162 Å². The second-order valence-electron chi connectivity index (χ2n) is 7.15. The minimum atomic E-state index is -0.0867. The third-order valence-electron chi connectivity index (χ3n) is 4.59. The first kappa shape index (κ1) is 22.1. The number of carbonyl (C=O) groups is 1. The highest BCUT2D eigenvalue weighted by Crippen LogP contribution is 2.32. The van der Waals surface area contributed by atoms with Crippen molar-refractivity contribution in [3.8, 4) is 5.75 Å². The van der Waals surface area contributed by atoms with Crippen molar-refractivity contribution in [1.82, 2.24) is 10.6 Å². The Kier molecular flexibility index (Phi) is 9.04. The minimum Gasteiger partial charge on any atom is -0.496 e. The highest BCUT2D eigenvalue weighted by Gasteiger charge is 2.28. The van der Waals surface area contributed by atoms with Crippen LogP contribution in [0, 0.1) is 11.8 Å². The van der Waals surface area contributed by atoms with Crippen LogP contribution in [0.15, 0.2) is 18.2 Å². The molecule has 6 heteroatoms. The molecule has 2 N–H and O–H groups in total. The number of rotatable bonds is 6.